The molecule has 0 saturated carbocycles. The first-order chi connectivity index (χ1) is 10.5. The van der Waals surface area contributed by atoms with E-state index in [1.807, 2.05) is 31.2 Å². The quantitative estimate of drug-likeness (QED) is 0.791. The van der Waals surface area contributed by atoms with Gasteiger partial charge in [0.1, 0.15) is 11.5 Å². The van der Waals surface area contributed by atoms with Gasteiger partial charge in [0, 0.05) is 5.69 Å². The van der Waals surface area contributed by atoms with Crippen molar-refractivity contribution in [3.05, 3.63) is 54.1 Å². The summed E-state index contributed by atoms with van der Waals surface area (Å²) >= 11 is 0. The molecule has 0 fully saturated rings. The van der Waals surface area contributed by atoms with E-state index in [-0.39, 0.29) is 12.5 Å². The van der Waals surface area contributed by atoms with Crippen LogP contribution in [0, 0.1) is 6.92 Å². The smallest absolute Gasteiger partial charge is 0.312 e. The van der Waals surface area contributed by atoms with Crippen molar-refractivity contribution in [1.82, 2.24) is 5.32 Å². The van der Waals surface area contributed by atoms with Crippen molar-refractivity contribution in [2.45, 2.75) is 6.92 Å². The van der Waals surface area contributed by atoms with Crippen molar-refractivity contribution < 1.29 is 14.3 Å². The molecule has 3 amide bonds. The number of anilines is 1. The predicted octanol–water partition coefficient (Wildman–Crippen LogP) is 2.39. The maximum Gasteiger partial charge on any atom is 0.312 e. The maximum atomic E-state index is 11.5. The Labute approximate surface area is 128 Å². The van der Waals surface area contributed by atoms with Crippen LogP contribution in [0.15, 0.2) is 48.5 Å². The number of urea groups is 1. The number of hydrogen-bond acceptors (Lipinski definition) is 3. The molecule has 22 heavy (non-hydrogen) atoms. The summed E-state index contributed by atoms with van der Waals surface area (Å²) < 4.78 is 5.71. The first-order valence-electron chi connectivity index (χ1n) is 6.71. The molecule has 0 saturated heterocycles. The number of carbonyl (C=O) groups is 2. The first-order valence-corrected chi connectivity index (χ1v) is 6.71. The van der Waals surface area contributed by atoms with Crippen LogP contribution in [0.25, 0.3) is 0 Å². The number of primary amides is 1. The van der Waals surface area contributed by atoms with Gasteiger partial charge in [0.25, 0.3) is 0 Å². The zero-order valence-electron chi connectivity index (χ0n) is 12.1. The van der Waals surface area contributed by atoms with E-state index in [0.717, 1.165) is 11.3 Å². The van der Waals surface area contributed by atoms with Crippen LogP contribution >= 0.6 is 0 Å². The highest BCUT2D eigenvalue weighted by Crippen LogP contribution is 2.23. The van der Waals surface area contributed by atoms with Crippen LogP contribution in [0.2, 0.25) is 0 Å². The summed E-state index contributed by atoms with van der Waals surface area (Å²) in [6.45, 7) is 1.82. The summed E-state index contributed by atoms with van der Waals surface area (Å²) in [6.07, 6.45) is 0. The second kappa shape index (κ2) is 7.12. The number of ether oxygens (including phenoxy) is 1. The Balaban J connectivity index is 1.92. The number of amides is 3. The highest BCUT2D eigenvalue weighted by atomic mass is 16.5. The molecule has 2 rings (SSSR count). The monoisotopic (exact) mass is 299 g/mol. The highest BCUT2D eigenvalue weighted by molar-refractivity contribution is 5.94. The molecule has 0 unspecified atom stereocenters. The number of carbonyl (C=O) groups excluding carboxylic acids is 2. The fourth-order valence-corrected chi connectivity index (χ4v) is 1.79. The van der Waals surface area contributed by atoms with Crippen LogP contribution < -0.4 is 21.1 Å². The summed E-state index contributed by atoms with van der Waals surface area (Å²) in [7, 11) is 0. The lowest BCUT2D eigenvalue weighted by Crippen LogP contribution is -2.36. The Morgan fingerprint density at radius 1 is 1.09 bits per heavy atom. The third-order valence-electron chi connectivity index (χ3n) is 2.79. The van der Waals surface area contributed by atoms with Gasteiger partial charge in [-0.25, -0.2) is 4.79 Å². The summed E-state index contributed by atoms with van der Waals surface area (Å²) in [4.78, 5) is 22.0. The standard InChI is InChI=1S/C16H17N3O3/c1-11-3-2-4-14(9-11)22-13-7-5-12(6-8-13)19-15(20)10-18-16(17)21/h2-9H,10H2,1H3,(H,19,20)(H3,17,18,21). The van der Waals surface area contributed by atoms with Gasteiger partial charge in [0.05, 0.1) is 6.54 Å². The van der Waals surface area contributed by atoms with Gasteiger partial charge in [0.15, 0.2) is 0 Å². The molecule has 6 nitrogen and oxygen atoms in total. The van der Waals surface area contributed by atoms with E-state index in [0.29, 0.717) is 11.4 Å². The SMILES string of the molecule is Cc1cccc(Oc2ccc(NC(=O)CNC(N)=O)cc2)c1. The molecule has 0 spiro atoms. The van der Waals surface area contributed by atoms with E-state index in [1.54, 1.807) is 24.3 Å². The van der Waals surface area contributed by atoms with Crippen molar-refractivity contribution in [3.63, 3.8) is 0 Å². The second-order valence-electron chi connectivity index (χ2n) is 4.71. The number of hydrogen-bond donors (Lipinski definition) is 3. The van der Waals surface area contributed by atoms with Gasteiger partial charge in [0.2, 0.25) is 5.91 Å². The molecule has 0 aromatic heterocycles. The topological polar surface area (TPSA) is 93.4 Å². The van der Waals surface area contributed by atoms with Crippen LogP contribution in [-0.4, -0.2) is 18.5 Å². The van der Waals surface area contributed by atoms with Crippen LogP contribution in [0.3, 0.4) is 0 Å². The lowest BCUT2D eigenvalue weighted by Gasteiger charge is -2.08. The van der Waals surface area contributed by atoms with E-state index in [2.05, 4.69) is 10.6 Å². The molecule has 0 aliphatic heterocycles. The molecule has 2 aromatic rings. The van der Waals surface area contributed by atoms with Gasteiger partial charge in [-0.15, -0.1) is 0 Å². The van der Waals surface area contributed by atoms with Crippen molar-refractivity contribution in [3.8, 4) is 11.5 Å². The number of aryl methyl sites for hydroxylation is 1. The molecule has 2 aromatic carbocycles. The van der Waals surface area contributed by atoms with E-state index in [9.17, 15) is 9.59 Å². The van der Waals surface area contributed by atoms with Crippen LogP contribution in [0.1, 0.15) is 5.56 Å². The average Bonchev–Trinajstić information content (AvgIpc) is 2.47. The maximum absolute atomic E-state index is 11.5. The van der Waals surface area contributed by atoms with Crippen molar-refractivity contribution in [2.24, 2.45) is 5.73 Å². The third-order valence-corrected chi connectivity index (χ3v) is 2.79. The molecular weight excluding hydrogens is 282 g/mol. The van der Waals surface area contributed by atoms with Gasteiger partial charge in [-0.05, 0) is 48.9 Å². The first kappa shape index (κ1) is 15.4. The molecule has 0 heterocycles. The molecule has 6 heteroatoms. The molecule has 0 radical (unpaired) electrons. The van der Waals surface area contributed by atoms with Crippen LogP contribution in [0.4, 0.5) is 10.5 Å². The Morgan fingerprint density at radius 2 is 1.82 bits per heavy atom. The zero-order chi connectivity index (χ0) is 15.9. The molecule has 0 aliphatic carbocycles. The minimum Gasteiger partial charge on any atom is -0.457 e. The van der Waals surface area contributed by atoms with Crippen molar-refractivity contribution in [2.75, 3.05) is 11.9 Å². The van der Waals surface area contributed by atoms with Crippen LogP contribution in [-0.2, 0) is 4.79 Å². The van der Waals surface area contributed by atoms with Gasteiger partial charge in [-0.2, -0.15) is 0 Å². The van der Waals surface area contributed by atoms with Crippen molar-refractivity contribution in [1.29, 1.82) is 0 Å². The minimum atomic E-state index is -0.739. The number of nitrogens with two attached hydrogens (primary N) is 1. The Kier molecular flexibility index (Phi) is 4.98. The third kappa shape index (κ3) is 4.82. The number of benzene rings is 2. The molecule has 114 valence electrons. The van der Waals surface area contributed by atoms with E-state index in [1.165, 1.54) is 0 Å². The van der Waals surface area contributed by atoms with Gasteiger partial charge >= 0.3 is 6.03 Å². The number of nitrogens with one attached hydrogen (secondary N) is 2. The summed E-state index contributed by atoms with van der Waals surface area (Å²) in [6, 6.07) is 13.9. The fourth-order valence-electron chi connectivity index (χ4n) is 1.79. The Morgan fingerprint density at radius 3 is 2.45 bits per heavy atom. The second-order valence-corrected chi connectivity index (χ2v) is 4.71. The highest BCUT2D eigenvalue weighted by Gasteiger charge is 2.04. The average molecular weight is 299 g/mol. The molecule has 0 bridgehead atoms. The Bertz CT molecular complexity index is 669. The van der Waals surface area contributed by atoms with Crippen molar-refractivity contribution >= 4 is 17.6 Å². The minimum absolute atomic E-state index is 0.170. The molecular formula is C16H17N3O3. The number of rotatable bonds is 5. The van der Waals surface area contributed by atoms with Gasteiger partial charge < -0.3 is 21.1 Å². The summed E-state index contributed by atoms with van der Waals surface area (Å²) in [5.41, 5.74) is 6.61. The van der Waals surface area contributed by atoms with Gasteiger partial charge in [-0.1, -0.05) is 12.1 Å². The van der Waals surface area contributed by atoms with Gasteiger partial charge in [-0.3, -0.25) is 4.79 Å². The largest absolute Gasteiger partial charge is 0.457 e. The summed E-state index contributed by atoms with van der Waals surface area (Å²) in [5.74, 6) is 1.06. The normalized spacial score (nSPS) is 9.86. The molecule has 0 aliphatic rings. The predicted molar refractivity (Wildman–Crippen MR) is 83.9 cm³/mol. The molecule has 0 atom stereocenters. The lowest BCUT2D eigenvalue weighted by molar-refractivity contribution is -0.115. The molecule has 4 N–H and O–H groups in total. The van der Waals surface area contributed by atoms with Crippen LogP contribution in [0.5, 0.6) is 11.5 Å². The fraction of sp³-hybridized carbons (Fsp3) is 0.125. The van der Waals surface area contributed by atoms with E-state index in [4.69, 9.17) is 10.5 Å². The van der Waals surface area contributed by atoms with E-state index < -0.39 is 6.03 Å². The lowest BCUT2D eigenvalue weighted by atomic mass is 10.2. The summed E-state index contributed by atoms with van der Waals surface area (Å²) in [5, 5.41) is 4.85. The van der Waals surface area contributed by atoms with E-state index >= 15 is 0 Å². The zero-order valence-corrected chi connectivity index (χ0v) is 12.1. The Hall–Kier alpha value is -3.02.